The van der Waals surface area contributed by atoms with Gasteiger partial charge in [-0.05, 0) is 36.2 Å². The lowest BCUT2D eigenvalue weighted by Crippen LogP contribution is -2.33. The van der Waals surface area contributed by atoms with Crippen molar-refractivity contribution in [2.24, 2.45) is 0 Å². The van der Waals surface area contributed by atoms with Crippen molar-refractivity contribution in [2.45, 2.75) is 19.6 Å². The number of carbonyl (C=O) groups excluding carboxylic acids is 1. The van der Waals surface area contributed by atoms with Gasteiger partial charge >= 0.3 is 0 Å². The van der Waals surface area contributed by atoms with Crippen molar-refractivity contribution in [3.63, 3.8) is 0 Å². The molecule has 0 fully saturated rings. The number of hydrogen-bond donors (Lipinski definition) is 0. The summed E-state index contributed by atoms with van der Waals surface area (Å²) in [5.41, 5.74) is 2.96. The standard InChI is InChI=1S/C22H24N2O3/c1-26-13-12-23-10-5-11-24-20-9-8-19(14-18(20)15-21(24)22(23)25)27-16-17-6-3-2-4-7-17/h2-4,6-9,14-15H,5,10-13,16H2,1H3. The molecule has 5 heteroatoms. The van der Waals surface area contributed by atoms with Crippen LogP contribution in [0.1, 0.15) is 22.5 Å². The Morgan fingerprint density at radius 2 is 1.89 bits per heavy atom. The zero-order chi connectivity index (χ0) is 18.6. The number of ether oxygens (including phenoxy) is 2. The van der Waals surface area contributed by atoms with E-state index in [1.165, 1.54) is 0 Å². The Kier molecular flexibility index (Phi) is 5.12. The first kappa shape index (κ1) is 17.6. The summed E-state index contributed by atoms with van der Waals surface area (Å²) in [5, 5.41) is 1.04. The van der Waals surface area contributed by atoms with Gasteiger partial charge in [-0.3, -0.25) is 4.79 Å². The average Bonchev–Trinajstić information content (AvgIpc) is 2.99. The highest BCUT2D eigenvalue weighted by atomic mass is 16.5. The minimum Gasteiger partial charge on any atom is -0.489 e. The molecule has 0 unspecified atom stereocenters. The van der Waals surface area contributed by atoms with E-state index in [0.29, 0.717) is 19.8 Å². The van der Waals surface area contributed by atoms with E-state index in [2.05, 4.69) is 10.6 Å². The number of carbonyl (C=O) groups is 1. The van der Waals surface area contributed by atoms with Crippen LogP contribution in [0.5, 0.6) is 5.75 Å². The Labute approximate surface area is 159 Å². The Morgan fingerprint density at radius 1 is 1.04 bits per heavy atom. The Bertz CT molecular complexity index is 933. The van der Waals surface area contributed by atoms with E-state index in [9.17, 15) is 4.79 Å². The van der Waals surface area contributed by atoms with Gasteiger partial charge in [-0.1, -0.05) is 30.3 Å². The van der Waals surface area contributed by atoms with E-state index >= 15 is 0 Å². The van der Waals surface area contributed by atoms with E-state index in [0.717, 1.165) is 47.4 Å². The SMILES string of the molecule is COCCN1CCCn2c(cc3cc(OCc4ccccc4)ccc32)C1=O. The summed E-state index contributed by atoms with van der Waals surface area (Å²) in [7, 11) is 1.66. The van der Waals surface area contributed by atoms with Crippen LogP contribution in [-0.2, 0) is 17.9 Å². The summed E-state index contributed by atoms with van der Waals surface area (Å²) in [6, 6.07) is 18.1. The highest BCUT2D eigenvalue weighted by molar-refractivity contribution is 5.99. The quantitative estimate of drug-likeness (QED) is 0.670. The summed E-state index contributed by atoms with van der Waals surface area (Å²) in [4.78, 5) is 14.8. The molecule has 1 aliphatic heterocycles. The van der Waals surface area contributed by atoms with Crippen LogP contribution in [0, 0.1) is 0 Å². The average molecular weight is 364 g/mol. The maximum absolute atomic E-state index is 12.9. The van der Waals surface area contributed by atoms with Crippen LogP contribution in [0.3, 0.4) is 0 Å². The third-order valence-corrected chi connectivity index (χ3v) is 5.00. The number of benzene rings is 2. The number of aryl methyl sites for hydroxylation is 1. The van der Waals surface area contributed by atoms with Crippen LogP contribution in [0.2, 0.25) is 0 Å². The summed E-state index contributed by atoms with van der Waals surface area (Å²) in [6.45, 7) is 3.33. The van der Waals surface area contributed by atoms with E-state index in [1.54, 1.807) is 7.11 Å². The molecule has 3 aromatic rings. The van der Waals surface area contributed by atoms with Crippen LogP contribution in [0.15, 0.2) is 54.6 Å². The van der Waals surface area contributed by atoms with Crippen molar-refractivity contribution < 1.29 is 14.3 Å². The largest absolute Gasteiger partial charge is 0.489 e. The third-order valence-electron chi connectivity index (χ3n) is 5.00. The molecule has 0 N–H and O–H groups in total. The van der Waals surface area contributed by atoms with Crippen LogP contribution < -0.4 is 4.74 Å². The first-order valence-electron chi connectivity index (χ1n) is 9.34. The van der Waals surface area contributed by atoms with Gasteiger partial charge in [0.15, 0.2) is 0 Å². The van der Waals surface area contributed by atoms with Gasteiger partial charge in [0, 0.05) is 37.6 Å². The first-order valence-corrected chi connectivity index (χ1v) is 9.34. The number of nitrogens with zero attached hydrogens (tertiary/aromatic N) is 2. The molecular weight excluding hydrogens is 340 g/mol. The Balaban J connectivity index is 1.58. The number of methoxy groups -OCH3 is 1. The van der Waals surface area contributed by atoms with Crippen molar-refractivity contribution in [3.05, 3.63) is 65.9 Å². The molecule has 0 aliphatic carbocycles. The Morgan fingerprint density at radius 3 is 2.70 bits per heavy atom. The van der Waals surface area contributed by atoms with Gasteiger partial charge in [0.1, 0.15) is 18.1 Å². The lowest BCUT2D eigenvalue weighted by Gasteiger charge is -2.19. The summed E-state index contributed by atoms with van der Waals surface area (Å²) in [6.07, 6.45) is 0.943. The number of rotatable bonds is 6. The molecule has 1 amide bonds. The predicted molar refractivity (Wildman–Crippen MR) is 105 cm³/mol. The maximum Gasteiger partial charge on any atom is 0.270 e. The molecule has 0 atom stereocenters. The second-order valence-corrected chi connectivity index (χ2v) is 6.81. The number of fused-ring (bicyclic) bond motifs is 3. The number of aromatic nitrogens is 1. The topological polar surface area (TPSA) is 43.7 Å². The van der Waals surface area contributed by atoms with Crippen molar-refractivity contribution in [1.29, 1.82) is 0 Å². The third kappa shape index (κ3) is 3.69. The fraction of sp³-hybridized carbons (Fsp3) is 0.318. The van der Waals surface area contributed by atoms with E-state index in [4.69, 9.17) is 9.47 Å². The molecular formula is C22H24N2O3. The lowest BCUT2D eigenvalue weighted by atomic mass is 10.2. The smallest absolute Gasteiger partial charge is 0.270 e. The molecule has 4 rings (SSSR count). The van der Waals surface area contributed by atoms with Gasteiger partial charge in [-0.15, -0.1) is 0 Å². The summed E-state index contributed by atoms with van der Waals surface area (Å²) < 4.78 is 13.2. The molecule has 0 saturated carbocycles. The van der Waals surface area contributed by atoms with Crippen LogP contribution in [-0.4, -0.2) is 42.2 Å². The first-order chi connectivity index (χ1) is 13.3. The summed E-state index contributed by atoms with van der Waals surface area (Å²) >= 11 is 0. The van der Waals surface area contributed by atoms with Crippen molar-refractivity contribution in [1.82, 2.24) is 9.47 Å². The number of hydrogen-bond acceptors (Lipinski definition) is 3. The molecule has 27 heavy (non-hydrogen) atoms. The van der Waals surface area contributed by atoms with Crippen molar-refractivity contribution in [3.8, 4) is 5.75 Å². The second kappa shape index (κ2) is 7.84. The molecule has 1 aliphatic rings. The van der Waals surface area contributed by atoms with Crippen LogP contribution in [0.25, 0.3) is 10.9 Å². The van der Waals surface area contributed by atoms with Gasteiger partial charge in [0.05, 0.1) is 6.61 Å². The molecule has 0 spiro atoms. The van der Waals surface area contributed by atoms with Crippen molar-refractivity contribution in [2.75, 3.05) is 26.8 Å². The molecule has 140 valence electrons. The molecule has 0 bridgehead atoms. The van der Waals surface area contributed by atoms with Gasteiger partial charge in [0.25, 0.3) is 5.91 Å². The zero-order valence-corrected chi connectivity index (χ0v) is 15.6. The lowest BCUT2D eigenvalue weighted by molar-refractivity contribution is 0.0699. The van der Waals surface area contributed by atoms with Gasteiger partial charge in [-0.2, -0.15) is 0 Å². The Hall–Kier alpha value is -2.79. The molecule has 2 aromatic carbocycles. The zero-order valence-electron chi connectivity index (χ0n) is 15.6. The second-order valence-electron chi connectivity index (χ2n) is 6.81. The fourth-order valence-electron chi connectivity index (χ4n) is 3.60. The van der Waals surface area contributed by atoms with Crippen LogP contribution >= 0.6 is 0 Å². The van der Waals surface area contributed by atoms with Gasteiger partial charge < -0.3 is 18.9 Å². The molecule has 1 aromatic heterocycles. The minimum absolute atomic E-state index is 0.0764. The maximum atomic E-state index is 12.9. The monoisotopic (exact) mass is 364 g/mol. The minimum atomic E-state index is 0.0764. The summed E-state index contributed by atoms with van der Waals surface area (Å²) in [5.74, 6) is 0.892. The molecule has 2 heterocycles. The van der Waals surface area contributed by atoms with E-state index in [-0.39, 0.29) is 5.91 Å². The van der Waals surface area contributed by atoms with Crippen LogP contribution in [0.4, 0.5) is 0 Å². The normalized spacial score (nSPS) is 14.3. The van der Waals surface area contributed by atoms with E-state index < -0.39 is 0 Å². The molecule has 0 radical (unpaired) electrons. The van der Waals surface area contributed by atoms with Gasteiger partial charge in [-0.25, -0.2) is 0 Å². The molecule has 0 saturated heterocycles. The molecule has 5 nitrogen and oxygen atoms in total. The number of amides is 1. The van der Waals surface area contributed by atoms with Crippen molar-refractivity contribution >= 4 is 16.8 Å². The van der Waals surface area contributed by atoms with Gasteiger partial charge in [0.2, 0.25) is 0 Å². The highest BCUT2D eigenvalue weighted by Crippen LogP contribution is 2.27. The predicted octanol–water partition coefficient (Wildman–Crippen LogP) is 3.71. The highest BCUT2D eigenvalue weighted by Gasteiger charge is 2.24. The fourth-order valence-corrected chi connectivity index (χ4v) is 3.60. The van der Waals surface area contributed by atoms with E-state index in [1.807, 2.05) is 53.4 Å².